The number of carbonyl (C=O) groups is 1. The Hall–Kier alpha value is -2.01. The van der Waals surface area contributed by atoms with Crippen molar-refractivity contribution < 1.29 is 62.2 Å². The summed E-state index contributed by atoms with van der Waals surface area (Å²) >= 11 is 33.0. The number of ether oxygens (including phenoxy) is 7. The SMILES string of the molecule is C.CCc1cc(O)c2cc(-c3ccc(OCOCCOC)c(Cc4ccccc4)c3)ccc2c1.CCc1cc(OC(C)=O)c2cc(Br)ccc2c1.COCCOCOc1ccc(Br)cc1Cc1ccccc1.O=C=O.O=C=O.S=S.S=S=S=S=S=S=S=S=S=S.S=S=S=S=S=S=S=S=S=S=S=S. The zero-order valence-electron chi connectivity index (χ0n) is 53.5. The van der Waals surface area contributed by atoms with Crippen molar-refractivity contribution in [1.82, 2.24) is 0 Å². The first kappa shape index (κ1) is 100.0. The van der Waals surface area contributed by atoms with E-state index in [-0.39, 0.29) is 39.3 Å². The molecular formula is C63H66Br2O13S24. The van der Waals surface area contributed by atoms with Crippen molar-refractivity contribution in [3.8, 4) is 34.1 Å². The monoisotopic (exact) mass is 1960 g/mol. The van der Waals surface area contributed by atoms with Crippen LogP contribution in [0.3, 0.4) is 0 Å². The number of hydrogen-bond acceptors (Lipinski definition) is 19. The van der Waals surface area contributed by atoms with Gasteiger partial charge in [-0.2, -0.15) is 19.2 Å². The molecule has 554 valence electrons. The van der Waals surface area contributed by atoms with Gasteiger partial charge in [-0.3, -0.25) is 4.79 Å². The number of phenolic OH excluding ortho intramolecular Hbond substituents is 1. The van der Waals surface area contributed by atoms with Crippen molar-refractivity contribution in [1.29, 1.82) is 0 Å². The number of hydrogen-bond donors (Lipinski definition) is 1. The number of fused-ring (bicyclic) bond motifs is 2. The second-order valence-corrected chi connectivity index (χ2v) is 51.6. The van der Waals surface area contributed by atoms with Crippen LogP contribution >= 0.6 is 31.9 Å². The summed E-state index contributed by atoms with van der Waals surface area (Å²) in [5, 5.41) is 14.5. The number of aromatic hydroxyl groups is 1. The van der Waals surface area contributed by atoms with Gasteiger partial charge in [-0.25, -0.2) is 0 Å². The Balaban J connectivity index is 0.00000129. The molecule has 8 aromatic rings. The number of benzene rings is 8. The standard InChI is InChI=1S/C29H30O4.C17H19BrO3.C14H13BrO2.2CO2.CH4.S12.S10.S2/c1-3-21-15-25-10-9-24(19-27(25)28(30)17-21)23-11-12-29(33-20-32-14-13-31-2)26(18-23)16-22-7-5-4-6-8-22;1-19-9-10-20-13-21-17-8-7-16(18)12-15(17)11-14-5-3-2-4-6-14;1-3-10-6-11-4-5-12(15)8-13(11)14(7-10)17-9(2)16;2*2-1-3;;1-3-5-7-9-11-12-10-8-6-4-2;1-3-5-7-9-10-8-6-4-2;1-2/h4-12,15,17-19,30H,3,13-14,16,20H2,1-2H3;2-8,12H,9-11,13H2,1H3;4-8H,3H2,1-2H3;;;1H4;;;. The minimum Gasteiger partial charge on any atom is -0.507 e. The smallest absolute Gasteiger partial charge is 0.373 e. The van der Waals surface area contributed by atoms with Gasteiger partial charge < -0.3 is 38.3 Å². The molecule has 0 atom stereocenters. The van der Waals surface area contributed by atoms with Crippen molar-refractivity contribution in [3.63, 3.8) is 0 Å². The molecule has 0 saturated heterocycles. The molecule has 0 radical (unpaired) electrons. The lowest BCUT2D eigenvalue weighted by molar-refractivity contribution is -0.193. The predicted molar refractivity (Wildman–Crippen MR) is 486 cm³/mol. The zero-order chi connectivity index (χ0) is 74.5. The average Bonchev–Trinajstić information content (AvgIpc) is 0.803. The number of halogens is 2. The molecule has 0 spiro atoms. The lowest BCUT2D eigenvalue weighted by Gasteiger charge is -2.15. The van der Waals surface area contributed by atoms with Gasteiger partial charge in [0.1, 0.15) is 23.0 Å². The molecule has 0 aliphatic heterocycles. The van der Waals surface area contributed by atoms with E-state index < -0.39 is 0 Å². The van der Waals surface area contributed by atoms with Crippen LogP contribution < -0.4 is 14.2 Å². The van der Waals surface area contributed by atoms with Gasteiger partial charge >= 0.3 is 18.3 Å². The van der Waals surface area contributed by atoms with Crippen molar-refractivity contribution in [2.45, 2.75) is 53.9 Å². The molecule has 39 heteroatoms. The van der Waals surface area contributed by atoms with E-state index in [9.17, 15) is 9.90 Å². The number of rotatable bonds is 20. The van der Waals surface area contributed by atoms with Crippen LogP contribution in [0.5, 0.6) is 23.0 Å². The molecule has 1 N–H and O–H groups in total. The summed E-state index contributed by atoms with van der Waals surface area (Å²) in [6.07, 6.45) is 3.89. The van der Waals surface area contributed by atoms with E-state index in [0.29, 0.717) is 37.9 Å². The second-order valence-electron chi connectivity index (χ2n) is 17.9. The third-order valence-electron chi connectivity index (χ3n) is 11.8. The Bertz CT molecular complexity index is 4730. The lowest BCUT2D eigenvalue weighted by atomic mass is 9.95. The minimum absolute atomic E-state index is 0. The topological polar surface area (TPSA) is 170 Å². The highest BCUT2D eigenvalue weighted by Crippen LogP contribution is 2.35. The molecule has 0 aliphatic rings. The third-order valence-corrected chi connectivity index (χ3v) is 48.3. The molecule has 0 unspecified atom stereocenters. The average molecular weight is 1960 g/mol. The highest BCUT2D eigenvalue weighted by molar-refractivity contribution is 9.10. The summed E-state index contributed by atoms with van der Waals surface area (Å²) in [5.41, 5.74) is 9.10. The molecule has 8 aromatic carbocycles. The first-order valence-electron chi connectivity index (χ1n) is 27.9. The number of esters is 1. The fourth-order valence-electron chi connectivity index (χ4n) is 7.85. The number of carbonyl (C=O) groups excluding carboxylic acids is 5. The number of phenols is 1. The van der Waals surface area contributed by atoms with Crippen LogP contribution in [0.1, 0.15) is 61.6 Å². The Labute approximate surface area is 693 Å². The first-order valence-corrected chi connectivity index (χ1v) is 57.5. The van der Waals surface area contributed by atoms with E-state index in [1.165, 1.54) is 53.6 Å². The normalized spacial score (nSPS) is 9.21. The van der Waals surface area contributed by atoms with Crippen LogP contribution in [0.15, 0.2) is 167 Å². The van der Waals surface area contributed by atoms with Crippen molar-refractivity contribution in [2.24, 2.45) is 0 Å². The quantitative estimate of drug-likeness (QED) is 0.0330. The van der Waals surface area contributed by atoms with Crippen molar-refractivity contribution in [2.75, 3.05) is 54.2 Å². The van der Waals surface area contributed by atoms with E-state index in [2.05, 4.69) is 186 Å². The van der Waals surface area contributed by atoms with Crippen LogP contribution in [0.2, 0.25) is 0 Å². The maximum Gasteiger partial charge on any atom is 0.373 e. The summed E-state index contributed by atoms with van der Waals surface area (Å²) in [4.78, 5) is 43.6. The van der Waals surface area contributed by atoms with E-state index in [4.69, 9.17) is 52.3 Å². The molecule has 0 heterocycles. The minimum atomic E-state index is -0.292. The van der Waals surface area contributed by atoms with Crippen LogP contribution in [0.25, 0.3) is 32.7 Å². The zero-order valence-corrected chi connectivity index (χ0v) is 76.3. The lowest BCUT2D eigenvalue weighted by Crippen LogP contribution is -2.09. The van der Waals surface area contributed by atoms with Crippen molar-refractivity contribution in [3.05, 3.63) is 200 Å². The molecule has 0 bridgehead atoms. The second kappa shape index (κ2) is 68.3. The number of methoxy groups -OCH3 is 2. The Morgan fingerprint density at radius 1 is 0.441 bits per heavy atom. The maximum absolute atomic E-state index is 11.1. The van der Waals surface area contributed by atoms with Gasteiger partial charge in [0.2, 0.25) is 0 Å². The van der Waals surface area contributed by atoms with Gasteiger partial charge in [0.25, 0.3) is 0 Å². The summed E-state index contributed by atoms with van der Waals surface area (Å²) in [5.74, 6) is 2.31. The van der Waals surface area contributed by atoms with Gasteiger partial charge in [-0.05, 0) is 129 Å². The summed E-state index contributed by atoms with van der Waals surface area (Å²) in [6, 6.07) is 53.2. The van der Waals surface area contributed by atoms with E-state index >= 15 is 0 Å². The molecule has 0 fully saturated rings. The van der Waals surface area contributed by atoms with Crippen LogP contribution in [-0.2, 0) is 296 Å². The molecule has 102 heavy (non-hydrogen) atoms. The largest absolute Gasteiger partial charge is 0.507 e. The highest BCUT2D eigenvalue weighted by Gasteiger charge is 2.12. The van der Waals surface area contributed by atoms with Crippen molar-refractivity contribution >= 4 is 299 Å². The van der Waals surface area contributed by atoms with Gasteiger partial charge in [-0.15, -0.1) is 0 Å². The van der Waals surface area contributed by atoms with Crippen LogP contribution in [0, 0.1) is 0 Å². The molecule has 0 amide bonds. The van der Waals surface area contributed by atoms with Gasteiger partial charge in [0.15, 0.2) is 13.6 Å². The summed E-state index contributed by atoms with van der Waals surface area (Å²) in [7, 11) is 32.3. The summed E-state index contributed by atoms with van der Waals surface area (Å²) in [6.45, 7) is 8.12. The van der Waals surface area contributed by atoms with E-state index in [0.717, 1.165) is 101 Å². The Morgan fingerprint density at radius 2 is 0.814 bits per heavy atom. The Kier molecular flexibility index (Phi) is 66.9. The molecule has 8 rings (SSSR count). The fraction of sp³-hybridized carbons (Fsp3) is 0.254. The van der Waals surface area contributed by atoms with Gasteiger partial charge in [0, 0.05) is 281 Å². The molecule has 0 aromatic heterocycles. The fourth-order valence-corrected chi connectivity index (χ4v) is 47.0. The van der Waals surface area contributed by atoms with E-state index in [1.54, 1.807) is 139 Å². The number of aryl methyl sites for hydroxylation is 2. The molecular weight excluding hydrogens is 1890 g/mol. The maximum atomic E-state index is 11.1. The van der Waals surface area contributed by atoms with Gasteiger partial charge in [-0.1, -0.05) is 150 Å². The summed E-state index contributed by atoms with van der Waals surface area (Å²) < 4.78 is 39.7. The molecule has 0 aliphatic carbocycles. The van der Waals surface area contributed by atoms with E-state index in [1.807, 2.05) is 84.9 Å². The first-order chi connectivity index (χ1) is 49.2. The van der Waals surface area contributed by atoms with Crippen LogP contribution in [-0.4, -0.2) is 77.6 Å². The predicted octanol–water partition coefficient (Wildman–Crippen LogP) is 13.9. The van der Waals surface area contributed by atoms with Gasteiger partial charge in [0.05, 0.1) is 26.4 Å². The Morgan fingerprint density at radius 3 is 1.25 bits per heavy atom. The van der Waals surface area contributed by atoms with Crippen LogP contribution in [0.4, 0.5) is 0 Å². The molecule has 13 nitrogen and oxygen atoms in total. The molecule has 0 saturated carbocycles. The third kappa shape index (κ3) is 47.0. The highest BCUT2D eigenvalue weighted by atomic mass is 79.9.